The zero-order chi connectivity index (χ0) is 18.0. The first-order valence-corrected chi connectivity index (χ1v) is 7.79. The van der Waals surface area contributed by atoms with Gasteiger partial charge in [0, 0.05) is 0 Å². The zero-order valence-electron chi connectivity index (χ0n) is 11.9. The fraction of sp³-hybridized carbons (Fsp3) is 0.154. The van der Waals surface area contributed by atoms with Crippen molar-refractivity contribution >= 4 is 28.1 Å². The summed E-state index contributed by atoms with van der Waals surface area (Å²) in [5, 5.41) is 18.1. The van der Waals surface area contributed by atoms with Crippen molar-refractivity contribution < 1.29 is 17.9 Å². The first-order chi connectivity index (χ1) is 11.3. The second-order valence-corrected chi connectivity index (χ2v) is 6.30. The van der Waals surface area contributed by atoms with E-state index < -0.39 is 54.0 Å². The highest BCUT2D eigenvalue weighted by Gasteiger charge is 2.34. The Kier molecular flexibility index (Phi) is 5.16. The molecule has 11 heteroatoms. The van der Waals surface area contributed by atoms with Gasteiger partial charge in [0.2, 0.25) is 5.15 Å². The molecule has 124 valence electrons. The third-order valence-corrected chi connectivity index (χ3v) is 4.62. The maximum atomic E-state index is 13.8. The molecule has 1 heterocycles. The van der Waals surface area contributed by atoms with E-state index in [0.717, 1.165) is 12.1 Å². The van der Waals surface area contributed by atoms with Crippen molar-refractivity contribution in [3.63, 3.8) is 0 Å². The lowest BCUT2D eigenvalue weighted by Crippen LogP contribution is -2.13. The van der Waals surface area contributed by atoms with Gasteiger partial charge in [-0.3, -0.25) is 14.3 Å². The average molecular weight is 373 g/mol. The molecule has 0 N–H and O–H groups in total. The maximum Gasteiger partial charge on any atom is 0.330 e. The Hall–Kier alpha value is -2.51. The normalized spacial score (nSPS) is 13.1. The first kappa shape index (κ1) is 17.8. The summed E-state index contributed by atoms with van der Waals surface area (Å²) in [5.74, 6) is -1.89. The maximum absolute atomic E-state index is 13.8. The van der Waals surface area contributed by atoms with Crippen LogP contribution in [0, 0.1) is 40.0 Å². The SMILES string of the molecule is Cc1nc(Cl)c([N+](=O)[O-])c(C(C#N)S(=O)c2cc(F)ccc2F)n1. The highest BCUT2D eigenvalue weighted by molar-refractivity contribution is 7.85. The van der Waals surface area contributed by atoms with Gasteiger partial charge in [0.25, 0.3) is 0 Å². The van der Waals surface area contributed by atoms with E-state index in [1.165, 1.54) is 6.92 Å². The van der Waals surface area contributed by atoms with Crippen LogP contribution in [0.5, 0.6) is 0 Å². The molecular formula is C13H7ClF2N4O3S. The second-order valence-electron chi connectivity index (χ2n) is 4.43. The molecule has 1 aromatic heterocycles. The van der Waals surface area contributed by atoms with E-state index in [2.05, 4.69) is 9.97 Å². The number of nitriles is 1. The number of benzene rings is 1. The van der Waals surface area contributed by atoms with Crippen LogP contribution in [0.25, 0.3) is 0 Å². The van der Waals surface area contributed by atoms with Crippen molar-refractivity contribution in [2.75, 3.05) is 0 Å². The smallest absolute Gasteiger partial charge is 0.258 e. The molecule has 0 spiro atoms. The van der Waals surface area contributed by atoms with Crippen LogP contribution >= 0.6 is 11.6 Å². The van der Waals surface area contributed by atoms with Crippen molar-refractivity contribution in [2.24, 2.45) is 0 Å². The summed E-state index contributed by atoms with van der Waals surface area (Å²) in [4.78, 5) is 17.0. The van der Waals surface area contributed by atoms with E-state index >= 15 is 0 Å². The van der Waals surface area contributed by atoms with Gasteiger partial charge in [-0.15, -0.1) is 0 Å². The predicted molar refractivity (Wildman–Crippen MR) is 79.6 cm³/mol. The molecular weight excluding hydrogens is 366 g/mol. The van der Waals surface area contributed by atoms with Crippen molar-refractivity contribution in [1.82, 2.24) is 9.97 Å². The Morgan fingerprint density at radius 2 is 2.08 bits per heavy atom. The van der Waals surface area contributed by atoms with Gasteiger partial charge in [-0.1, -0.05) is 11.6 Å². The number of hydrogen-bond acceptors (Lipinski definition) is 6. The number of halogens is 3. The van der Waals surface area contributed by atoms with Gasteiger partial charge in [-0.2, -0.15) is 5.26 Å². The molecule has 0 radical (unpaired) electrons. The van der Waals surface area contributed by atoms with Gasteiger partial charge in [0.15, 0.2) is 10.9 Å². The summed E-state index contributed by atoms with van der Waals surface area (Å²) >= 11 is 5.70. The van der Waals surface area contributed by atoms with Crippen LogP contribution in [-0.4, -0.2) is 19.1 Å². The molecule has 0 aliphatic heterocycles. The predicted octanol–water partition coefficient (Wildman–Crippen LogP) is 3.00. The Morgan fingerprint density at radius 1 is 1.42 bits per heavy atom. The molecule has 2 aromatic rings. The van der Waals surface area contributed by atoms with Crippen LogP contribution in [-0.2, 0) is 10.8 Å². The molecule has 1 aromatic carbocycles. The number of nitro groups is 1. The zero-order valence-corrected chi connectivity index (χ0v) is 13.4. The molecule has 2 unspecified atom stereocenters. The molecule has 0 bridgehead atoms. The lowest BCUT2D eigenvalue weighted by molar-refractivity contribution is -0.386. The summed E-state index contributed by atoms with van der Waals surface area (Å²) in [7, 11) is -2.47. The van der Waals surface area contributed by atoms with E-state index in [9.17, 15) is 28.4 Å². The third-order valence-electron chi connectivity index (χ3n) is 2.85. The monoisotopic (exact) mass is 372 g/mol. The van der Waals surface area contributed by atoms with E-state index in [0.29, 0.717) is 6.07 Å². The quantitative estimate of drug-likeness (QED) is 0.463. The van der Waals surface area contributed by atoms with Crippen molar-refractivity contribution in [3.8, 4) is 6.07 Å². The van der Waals surface area contributed by atoms with Crippen molar-refractivity contribution in [3.05, 3.63) is 56.6 Å². The number of aromatic nitrogens is 2. The van der Waals surface area contributed by atoms with Crippen molar-refractivity contribution in [1.29, 1.82) is 5.26 Å². The van der Waals surface area contributed by atoms with Gasteiger partial charge in [0.1, 0.15) is 17.5 Å². The van der Waals surface area contributed by atoms with Crippen LogP contribution in [0.3, 0.4) is 0 Å². The van der Waals surface area contributed by atoms with Crippen LogP contribution in [0.4, 0.5) is 14.5 Å². The highest BCUT2D eigenvalue weighted by atomic mass is 35.5. The molecule has 2 rings (SSSR count). The Labute approximate surface area is 141 Å². The number of rotatable bonds is 4. The fourth-order valence-electron chi connectivity index (χ4n) is 1.87. The molecule has 0 saturated heterocycles. The number of hydrogen-bond donors (Lipinski definition) is 0. The molecule has 7 nitrogen and oxygen atoms in total. The van der Waals surface area contributed by atoms with Gasteiger partial charge in [0.05, 0.1) is 26.7 Å². The van der Waals surface area contributed by atoms with Crippen LogP contribution < -0.4 is 0 Å². The van der Waals surface area contributed by atoms with Crippen LogP contribution in [0.1, 0.15) is 16.8 Å². The summed E-state index contributed by atoms with van der Waals surface area (Å²) in [6.07, 6.45) is 0. The molecule has 0 amide bonds. The van der Waals surface area contributed by atoms with Gasteiger partial charge in [-0.25, -0.2) is 18.7 Å². The van der Waals surface area contributed by atoms with E-state index in [1.54, 1.807) is 6.07 Å². The van der Waals surface area contributed by atoms with E-state index in [-0.39, 0.29) is 5.82 Å². The summed E-state index contributed by atoms with van der Waals surface area (Å²) < 4.78 is 39.6. The fourth-order valence-corrected chi connectivity index (χ4v) is 3.37. The number of nitrogens with zero attached hydrogens (tertiary/aromatic N) is 4. The van der Waals surface area contributed by atoms with Gasteiger partial charge < -0.3 is 0 Å². The third kappa shape index (κ3) is 3.37. The standard InChI is InChI=1S/C13H7ClF2N4O3S/c1-6-18-11(12(20(21)22)13(14)19-6)10(5-17)24(23)9-4-7(15)2-3-8(9)16/h2-4,10H,1H3. The largest absolute Gasteiger partial charge is 0.330 e. The molecule has 2 atom stereocenters. The minimum Gasteiger partial charge on any atom is -0.258 e. The van der Waals surface area contributed by atoms with E-state index in [1.807, 2.05) is 0 Å². The lowest BCUT2D eigenvalue weighted by Gasteiger charge is -2.11. The Bertz CT molecular complexity index is 904. The molecule has 24 heavy (non-hydrogen) atoms. The molecule has 0 fully saturated rings. The molecule has 0 saturated carbocycles. The van der Waals surface area contributed by atoms with Crippen LogP contribution in [0.2, 0.25) is 5.15 Å². The minimum absolute atomic E-state index is 0.00226. The highest BCUT2D eigenvalue weighted by Crippen LogP contribution is 2.34. The van der Waals surface area contributed by atoms with Gasteiger partial charge >= 0.3 is 5.69 Å². The summed E-state index contributed by atoms with van der Waals surface area (Å²) in [6.45, 7) is 1.36. The van der Waals surface area contributed by atoms with Crippen molar-refractivity contribution in [2.45, 2.75) is 17.1 Å². The minimum atomic E-state index is -2.47. The first-order valence-electron chi connectivity index (χ1n) is 6.20. The molecule has 0 aliphatic carbocycles. The van der Waals surface area contributed by atoms with Gasteiger partial charge in [-0.05, 0) is 25.1 Å². The summed E-state index contributed by atoms with van der Waals surface area (Å²) in [6, 6.07) is 3.77. The topological polar surface area (TPSA) is 110 Å². The Morgan fingerprint density at radius 3 is 2.67 bits per heavy atom. The van der Waals surface area contributed by atoms with Crippen LogP contribution in [0.15, 0.2) is 23.1 Å². The Balaban J connectivity index is 2.65. The second kappa shape index (κ2) is 6.94. The molecule has 0 aliphatic rings. The average Bonchev–Trinajstić information content (AvgIpc) is 2.49. The lowest BCUT2D eigenvalue weighted by atomic mass is 10.2. The number of aryl methyl sites for hydroxylation is 1. The van der Waals surface area contributed by atoms with E-state index in [4.69, 9.17) is 11.6 Å². The summed E-state index contributed by atoms with van der Waals surface area (Å²) in [5.41, 5.74) is -1.33.